The van der Waals surface area contributed by atoms with E-state index in [0.29, 0.717) is 0 Å². The lowest BCUT2D eigenvalue weighted by atomic mass is 9.85. The molecule has 0 spiro atoms. The number of amides is 1. The molecular formula is C21H23NO3. The lowest BCUT2D eigenvalue weighted by Gasteiger charge is -2.24. The molecule has 130 valence electrons. The van der Waals surface area contributed by atoms with Crippen LogP contribution in [0.4, 0.5) is 5.69 Å². The third kappa shape index (κ3) is 2.76. The van der Waals surface area contributed by atoms with Gasteiger partial charge in [0.25, 0.3) is 0 Å². The summed E-state index contributed by atoms with van der Waals surface area (Å²) >= 11 is 0. The second-order valence-electron chi connectivity index (χ2n) is 7.90. The standard InChI is InChI=1S/C21H23NO3/c1-20(2,3)15-6-4-5-7-16(15)22-19(23)21(10-11-21)14-8-9-17-18(12-14)25-13-24-17/h4-9,12H,10-11,13H2,1-3H3,(H,22,23). The summed E-state index contributed by atoms with van der Waals surface area (Å²) in [6.45, 7) is 6.71. The predicted molar refractivity (Wildman–Crippen MR) is 97.2 cm³/mol. The highest BCUT2D eigenvalue weighted by atomic mass is 16.7. The smallest absolute Gasteiger partial charge is 0.235 e. The maximum Gasteiger partial charge on any atom is 0.235 e. The van der Waals surface area contributed by atoms with Crippen molar-refractivity contribution in [3.63, 3.8) is 0 Å². The SMILES string of the molecule is CC(C)(C)c1ccccc1NC(=O)C1(c2ccc3c(c2)OCO3)CC1. The maximum absolute atomic E-state index is 13.1. The second-order valence-corrected chi connectivity index (χ2v) is 7.90. The average Bonchev–Trinajstić information content (AvgIpc) is 3.26. The van der Waals surface area contributed by atoms with Crippen molar-refractivity contribution in [1.82, 2.24) is 0 Å². The largest absolute Gasteiger partial charge is 0.454 e. The van der Waals surface area contributed by atoms with Crippen LogP contribution in [0.2, 0.25) is 0 Å². The zero-order valence-electron chi connectivity index (χ0n) is 14.9. The molecule has 1 amide bonds. The Morgan fingerprint density at radius 2 is 1.76 bits per heavy atom. The molecule has 1 fully saturated rings. The Morgan fingerprint density at radius 1 is 1.04 bits per heavy atom. The third-order valence-corrected chi connectivity index (χ3v) is 5.09. The van der Waals surface area contributed by atoms with Crippen molar-refractivity contribution < 1.29 is 14.3 Å². The summed E-state index contributed by atoms with van der Waals surface area (Å²) in [7, 11) is 0. The molecular weight excluding hydrogens is 314 g/mol. The average molecular weight is 337 g/mol. The molecule has 0 saturated heterocycles. The van der Waals surface area contributed by atoms with Crippen LogP contribution in [0.1, 0.15) is 44.7 Å². The molecule has 0 atom stereocenters. The number of para-hydroxylation sites is 1. The van der Waals surface area contributed by atoms with Crippen LogP contribution in [0.5, 0.6) is 11.5 Å². The van der Waals surface area contributed by atoms with Gasteiger partial charge in [0.15, 0.2) is 11.5 Å². The van der Waals surface area contributed by atoms with Crippen LogP contribution < -0.4 is 14.8 Å². The molecule has 2 aromatic rings. The highest BCUT2D eigenvalue weighted by molar-refractivity contribution is 6.02. The summed E-state index contributed by atoms with van der Waals surface area (Å²) in [6, 6.07) is 13.9. The highest BCUT2D eigenvalue weighted by Crippen LogP contribution is 2.51. The van der Waals surface area contributed by atoms with Crippen molar-refractivity contribution in [1.29, 1.82) is 0 Å². The molecule has 1 N–H and O–H groups in total. The van der Waals surface area contributed by atoms with E-state index in [1.165, 1.54) is 0 Å². The maximum atomic E-state index is 13.1. The lowest BCUT2D eigenvalue weighted by Crippen LogP contribution is -2.29. The first-order valence-electron chi connectivity index (χ1n) is 8.71. The summed E-state index contributed by atoms with van der Waals surface area (Å²) in [5, 5.41) is 3.18. The van der Waals surface area contributed by atoms with Crippen LogP contribution in [-0.4, -0.2) is 12.7 Å². The summed E-state index contributed by atoms with van der Waals surface area (Å²) in [5.74, 6) is 1.53. The molecule has 1 aliphatic heterocycles. The predicted octanol–water partition coefficient (Wildman–Crippen LogP) is 4.38. The number of ether oxygens (including phenoxy) is 2. The van der Waals surface area contributed by atoms with Gasteiger partial charge in [-0.3, -0.25) is 4.79 Å². The van der Waals surface area contributed by atoms with Gasteiger partial charge in [-0.2, -0.15) is 0 Å². The third-order valence-electron chi connectivity index (χ3n) is 5.09. The Kier molecular flexibility index (Phi) is 3.53. The molecule has 0 bridgehead atoms. The first-order valence-corrected chi connectivity index (χ1v) is 8.71. The van der Waals surface area contributed by atoms with Crippen LogP contribution in [0, 0.1) is 0 Å². The fraction of sp³-hybridized carbons (Fsp3) is 0.381. The zero-order chi connectivity index (χ0) is 17.7. The molecule has 2 aromatic carbocycles. The molecule has 0 radical (unpaired) electrons. The summed E-state index contributed by atoms with van der Waals surface area (Å²) < 4.78 is 10.8. The van der Waals surface area contributed by atoms with Gasteiger partial charge in [0.1, 0.15) is 0 Å². The second kappa shape index (κ2) is 5.51. The van der Waals surface area contributed by atoms with E-state index in [1.54, 1.807) is 0 Å². The van der Waals surface area contributed by atoms with Crippen molar-refractivity contribution in [2.75, 3.05) is 12.1 Å². The molecule has 1 heterocycles. The van der Waals surface area contributed by atoms with Gasteiger partial charge in [-0.25, -0.2) is 0 Å². The summed E-state index contributed by atoms with van der Waals surface area (Å²) in [6.07, 6.45) is 1.71. The molecule has 2 aliphatic rings. The number of benzene rings is 2. The topological polar surface area (TPSA) is 47.6 Å². The number of hydrogen-bond donors (Lipinski definition) is 1. The molecule has 1 saturated carbocycles. The van der Waals surface area contributed by atoms with Crippen molar-refractivity contribution in [3.8, 4) is 11.5 Å². The van der Waals surface area contributed by atoms with E-state index in [-0.39, 0.29) is 18.1 Å². The first-order chi connectivity index (χ1) is 11.9. The van der Waals surface area contributed by atoms with Gasteiger partial charge in [-0.1, -0.05) is 45.0 Å². The molecule has 4 rings (SSSR count). The normalized spacial score (nSPS) is 17.2. The van der Waals surface area contributed by atoms with Crippen LogP contribution in [0.3, 0.4) is 0 Å². The molecule has 25 heavy (non-hydrogen) atoms. The van der Waals surface area contributed by atoms with Gasteiger partial charge in [0.2, 0.25) is 12.7 Å². The quantitative estimate of drug-likeness (QED) is 0.904. The fourth-order valence-corrected chi connectivity index (χ4v) is 3.45. The van der Waals surface area contributed by atoms with E-state index in [9.17, 15) is 4.79 Å². The number of fused-ring (bicyclic) bond motifs is 1. The summed E-state index contributed by atoms with van der Waals surface area (Å²) in [4.78, 5) is 13.1. The first kappa shape index (κ1) is 16.0. The van der Waals surface area contributed by atoms with Gasteiger partial charge in [0, 0.05) is 5.69 Å². The van der Waals surface area contributed by atoms with E-state index in [2.05, 4.69) is 32.2 Å². The molecule has 4 heteroatoms. The van der Waals surface area contributed by atoms with Crippen LogP contribution in [-0.2, 0) is 15.6 Å². The number of carbonyl (C=O) groups excluding carboxylic acids is 1. The Morgan fingerprint density at radius 3 is 2.48 bits per heavy atom. The Hall–Kier alpha value is -2.49. The molecule has 1 aliphatic carbocycles. The van der Waals surface area contributed by atoms with E-state index >= 15 is 0 Å². The minimum atomic E-state index is -0.452. The van der Waals surface area contributed by atoms with E-state index < -0.39 is 5.41 Å². The van der Waals surface area contributed by atoms with E-state index in [1.807, 2.05) is 36.4 Å². The minimum Gasteiger partial charge on any atom is -0.454 e. The van der Waals surface area contributed by atoms with Gasteiger partial charge in [0.05, 0.1) is 5.41 Å². The number of carbonyl (C=O) groups is 1. The number of hydrogen-bond acceptors (Lipinski definition) is 3. The summed E-state index contributed by atoms with van der Waals surface area (Å²) in [5.41, 5.74) is 2.56. The molecule has 4 nitrogen and oxygen atoms in total. The molecule has 0 unspecified atom stereocenters. The van der Waals surface area contributed by atoms with Gasteiger partial charge >= 0.3 is 0 Å². The lowest BCUT2D eigenvalue weighted by molar-refractivity contribution is -0.118. The van der Waals surface area contributed by atoms with Crippen molar-refractivity contribution in [3.05, 3.63) is 53.6 Å². The van der Waals surface area contributed by atoms with E-state index in [4.69, 9.17) is 9.47 Å². The van der Waals surface area contributed by atoms with Crippen LogP contribution in [0.15, 0.2) is 42.5 Å². The number of nitrogens with one attached hydrogen (secondary N) is 1. The monoisotopic (exact) mass is 337 g/mol. The van der Waals surface area contributed by atoms with Crippen molar-refractivity contribution in [2.24, 2.45) is 0 Å². The Labute approximate surface area is 148 Å². The van der Waals surface area contributed by atoms with Gasteiger partial charge in [-0.05, 0) is 47.6 Å². The highest BCUT2D eigenvalue weighted by Gasteiger charge is 2.51. The Bertz CT molecular complexity index is 831. The van der Waals surface area contributed by atoms with E-state index in [0.717, 1.165) is 41.2 Å². The van der Waals surface area contributed by atoms with Crippen LogP contribution in [0.25, 0.3) is 0 Å². The van der Waals surface area contributed by atoms with Crippen molar-refractivity contribution in [2.45, 2.75) is 44.4 Å². The number of rotatable bonds is 3. The minimum absolute atomic E-state index is 0.0284. The fourth-order valence-electron chi connectivity index (χ4n) is 3.45. The van der Waals surface area contributed by atoms with Crippen molar-refractivity contribution >= 4 is 11.6 Å². The Balaban J connectivity index is 1.62. The molecule has 0 aromatic heterocycles. The zero-order valence-corrected chi connectivity index (χ0v) is 14.9. The van der Waals surface area contributed by atoms with Crippen LogP contribution >= 0.6 is 0 Å². The number of anilines is 1. The van der Waals surface area contributed by atoms with Gasteiger partial charge < -0.3 is 14.8 Å². The van der Waals surface area contributed by atoms with Gasteiger partial charge in [-0.15, -0.1) is 0 Å².